The fourth-order valence-corrected chi connectivity index (χ4v) is 5.85. The van der Waals surface area contributed by atoms with Crippen LogP contribution in [0.4, 0.5) is 13.6 Å². The molecule has 1 saturated heterocycles. The first kappa shape index (κ1) is 36.7. The van der Waals surface area contributed by atoms with E-state index in [2.05, 4.69) is 15.6 Å². The van der Waals surface area contributed by atoms with Gasteiger partial charge in [-0.25, -0.2) is 18.4 Å². The van der Waals surface area contributed by atoms with Crippen LogP contribution < -0.4 is 15.3 Å². The van der Waals surface area contributed by atoms with Crippen LogP contribution in [0, 0.1) is 11.6 Å². The smallest absolute Gasteiger partial charge is 0.534 e. The number of aromatic hydroxyl groups is 2. The number of piperazine rings is 1. The number of imide groups is 1. The number of phenolic OH excluding ortho intramolecular Hbond substituents is 2. The monoisotopic (exact) mass is 730 g/mol. The van der Waals surface area contributed by atoms with E-state index in [0.29, 0.717) is 24.1 Å². The maximum absolute atomic E-state index is 14.6. The van der Waals surface area contributed by atoms with Crippen LogP contribution in [0.15, 0.2) is 42.7 Å². The number of rotatable bonds is 10. The van der Waals surface area contributed by atoms with E-state index in [0.717, 1.165) is 11.6 Å². The number of likely N-dealkylation sites (N-methyl/N-ethyl adjacent to an activating group) is 1. The fraction of sp³-hybridized carbons (Fsp3) is 0.290. The number of benzene rings is 2. The molecule has 5 rings (SSSR count). The van der Waals surface area contributed by atoms with Gasteiger partial charge in [-0.15, -0.1) is 0 Å². The van der Waals surface area contributed by atoms with Gasteiger partial charge in [0, 0.05) is 50.7 Å². The van der Waals surface area contributed by atoms with E-state index in [1.165, 1.54) is 11.0 Å². The van der Waals surface area contributed by atoms with E-state index < -0.39 is 93.9 Å². The Bertz CT molecular complexity index is 1890. The van der Waals surface area contributed by atoms with Crippen LogP contribution in [-0.4, -0.2) is 116 Å². The molecule has 2 aliphatic heterocycles. The molecule has 2 atom stereocenters. The van der Waals surface area contributed by atoms with Crippen molar-refractivity contribution in [2.24, 2.45) is 0 Å². The Morgan fingerprint density at radius 1 is 1.14 bits per heavy atom. The SMILES string of the molecule is CN(CCN1CCN(C(=O)N[C@@H](C(=O)N[C@H]2Cc3ccc(F)c(C(=O)O)c3OB2O)c2cc(F)c(O)c(O)c2Cl)C(=O)C1=O)Cc1cccnc1. The third-order valence-electron chi connectivity index (χ3n) is 8.27. The molecule has 51 heavy (non-hydrogen) atoms. The molecular weight excluding hydrogens is 701 g/mol. The Morgan fingerprint density at radius 3 is 2.57 bits per heavy atom. The molecule has 2 aliphatic rings. The van der Waals surface area contributed by atoms with Crippen molar-refractivity contribution in [3.05, 3.63) is 81.6 Å². The van der Waals surface area contributed by atoms with E-state index in [1.54, 1.807) is 18.5 Å². The number of fused-ring (bicyclic) bond motifs is 1. The molecule has 0 bridgehead atoms. The zero-order valence-corrected chi connectivity index (χ0v) is 27.4. The summed E-state index contributed by atoms with van der Waals surface area (Å²) in [6, 6.07) is 2.93. The van der Waals surface area contributed by atoms with Gasteiger partial charge < -0.3 is 45.4 Å². The summed E-state index contributed by atoms with van der Waals surface area (Å²) in [5, 5.41) is 43.8. The summed E-state index contributed by atoms with van der Waals surface area (Å²) < 4.78 is 34.0. The molecule has 0 radical (unpaired) electrons. The summed E-state index contributed by atoms with van der Waals surface area (Å²) in [5.41, 5.74) is -0.422. The maximum atomic E-state index is 14.6. The quantitative estimate of drug-likeness (QED) is 0.0970. The van der Waals surface area contributed by atoms with E-state index in [-0.39, 0.29) is 31.6 Å². The minimum absolute atomic E-state index is 0.0606. The van der Waals surface area contributed by atoms with Crippen molar-refractivity contribution < 1.29 is 57.8 Å². The normalized spacial score (nSPS) is 16.4. The van der Waals surface area contributed by atoms with Gasteiger partial charge in [0.2, 0.25) is 5.91 Å². The Labute approximate surface area is 293 Å². The lowest BCUT2D eigenvalue weighted by Crippen LogP contribution is -2.60. The first-order chi connectivity index (χ1) is 24.2. The molecule has 6 N–H and O–H groups in total. The van der Waals surface area contributed by atoms with Crippen LogP contribution in [0.5, 0.6) is 17.2 Å². The number of halogens is 3. The lowest BCUT2D eigenvalue weighted by molar-refractivity contribution is -0.153. The number of phenols is 2. The van der Waals surface area contributed by atoms with Crippen LogP contribution >= 0.6 is 11.6 Å². The molecule has 3 aromatic rings. The largest absolute Gasteiger partial charge is 0.547 e. The molecule has 20 heteroatoms. The van der Waals surface area contributed by atoms with Crippen LogP contribution in [0.1, 0.15) is 33.1 Å². The second-order valence-electron chi connectivity index (χ2n) is 11.7. The number of hydrogen-bond acceptors (Lipinski definition) is 11. The summed E-state index contributed by atoms with van der Waals surface area (Å²) in [7, 11) is -0.137. The van der Waals surface area contributed by atoms with Gasteiger partial charge in [-0.1, -0.05) is 23.7 Å². The van der Waals surface area contributed by atoms with Crippen LogP contribution in [0.3, 0.4) is 0 Å². The van der Waals surface area contributed by atoms with Gasteiger partial charge in [-0.2, -0.15) is 0 Å². The van der Waals surface area contributed by atoms with E-state index in [9.17, 15) is 53.1 Å². The second kappa shape index (κ2) is 15.2. The van der Waals surface area contributed by atoms with Gasteiger partial charge >= 0.3 is 30.9 Å². The summed E-state index contributed by atoms with van der Waals surface area (Å²) in [4.78, 5) is 72.5. The van der Waals surface area contributed by atoms with Gasteiger partial charge in [0.25, 0.3) is 0 Å². The lowest BCUT2D eigenvalue weighted by Gasteiger charge is -2.34. The predicted molar refractivity (Wildman–Crippen MR) is 172 cm³/mol. The zero-order valence-electron chi connectivity index (χ0n) is 26.7. The average Bonchev–Trinajstić information content (AvgIpc) is 3.09. The standard InChI is InChI=1S/C31H30BClF2N6O10/c1-39(14-15-3-2-6-36-13-15)7-8-40-9-10-41(29(46)28(40)45)31(49)38-23(17-12-19(35)24(42)25(43)22(17)33)27(44)37-20-11-16-4-5-18(34)21(30(47)48)26(16)51-32(20)50/h2-6,12-13,20,23,42-43,50H,7-11,14H2,1H3,(H,37,44)(H,38,49)(H,47,48)/t20-,23+/m0/s1. The van der Waals surface area contributed by atoms with Crippen molar-refractivity contribution in [2.45, 2.75) is 24.9 Å². The number of aromatic nitrogens is 1. The molecule has 268 valence electrons. The van der Waals surface area contributed by atoms with Gasteiger partial charge in [0.05, 0.1) is 11.0 Å². The molecule has 1 aromatic heterocycles. The van der Waals surface area contributed by atoms with E-state index in [1.807, 2.05) is 18.0 Å². The van der Waals surface area contributed by atoms with Gasteiger partial charge in [0.15, 0.2) is 17.3 Å². The van der Waals surface area contributed by atoms with Crippen molar-refractivity contribution in [1.82, 2.24) is 30.3 Å². The maximum Gasteiger partial charge on any atom is 0.547 e. The van der Waals surface area contributed by atoms with Gasteiger partial charge in [-0.3, -0.25) is 24.3 Å². The lowest BCUT2D eigenvalue weighted by atomic mass is 9.72. The van der Waals surface area contributed by atoms with Crippen LogP contribution in [0.2, 0.25) is 5.02 Å². The third-order valence-corrected chi connectivity index (χ3v) is 8.67. The van der Waals surface area contributed by atoms with Crippen molar-refractivity contribution in [3.8, 4) is 17.2 Å². The van der Waals surface area contributed by atoms with Crippen molar-refractivity contribution >= 4 is 48.4 Å². The Balaban J connectivity index is 1.32. The number of hydrogen-bond donors (Lipinski definition) is 6. The first-order valence-electron chi connectivity index (χ1n) is 15.3. The highest BCUT2D eigenvalue weighted by molar-refractivity contribution is 6.47. The molecule has 5 amide bonds. The summed E-state index contributed by atoms with van der Waals surface area (Å²) in [6.07, 6.45) is 3.03. The zero-order chi connectivity index (χ0) is 37.1. The van der Waals surface area contributed by atoms with E-state index >= 15 is 0 Å². The number of carboxylic acids is 1. The summed E-state index contributed by atoms with van der Waals surface area (Å²) in [6.45, 7) is 0.698. The number of nitrogens with one attached hydrogen (secondary N) is 2. The fourth-order valence-electron chi connectivity index (χ4n) is 5.60. The number of aromatic carboxylic acids is 1. The predicted octanol–water partition coefficient (Wildman–Crippen LogP) is 0.816. The highest BCUT2D eigenvalue weighted by atomic mass is 35.5. The molecule has 0 aliphatic carbocycles. The molecule has 0 spiro atoms. The number of carbonyl (C=O) groups excluding carboxylic acids is 4. The molecule has 1 fully saturated rings. The number of pyridine rings is 1. The Kier molecular flexibility index (Phi) is 10.9. The van der Waals surface area contributed by atoms with Crippen molar-refractivity contribution in [2.75, 3.05) is 33.2 Å². The van der Waals surface area contributed by atoms with Gasteiger partial charge in [-0.05, 0) is 42.8 Å². The van der Waals surface area contributed by atoms with Crippen molar-refractivity contribution in [3.63, 3.8) is 0 Å². The van der Waals surface area contributed by atoms with Gasteiger partial charge in [0.1, 0.15) is 23.2 Å². The minimum atomic E-state index is -2.02. The number of carbonyl (C=O) groups is 5. The second-order valence-corrected chi connectivity index (χ2v) is 12.1. The summed E-state index contributed by atoms with van der Waals surface area (Å²) in [5.74, 6) is -12.0. The average molecular weight is 731 g/mol. The molecule has 2 aromatic carbocycles. The first-order valence-corrected chi connectivity index (χ1v) is 15.6. The van der Waals surface area contributed by atoms with E-state index in [4.69, 9.17) is 16.3 Å². The number of nitrogens with zero attached hydrogens (tertiary/aromatic N) is 4. The highest BCUT2D eigenvalue weighted by Crippen LogP contribution is 2.40. The highest BCUT2D eigenvalue weighted by Gasteiger charge is 2.42. The van der Waals surface area contributed by atoms with Crippen molar-refractivity contribution in [1.29, 1.82) is 0 Å². The topological polar surface area (TPSA) is 222 Å². The van der Waals surface area contributed by atoms with Crippen LogP contribution in [-0.2, 0) is 27.3 Å². The number of urea groups is 1. The summed E-state index contributed by atoms with van der Waals surface area (Å²) >= 11 is 6.14. The molecular formula is C31H30BClF2N6O10. The molecule has 16 nitrogen and oxygen atoms in total. The molecule has 0 unspecified atom stereocenters. The minimum Gasteiger partial charge on any atom is -0.534 e. The Morgan fingerprint density at radius 2 is 1.88 bits per heavy atom. The number of amides is 5. The van der Waals surface area contributed by atoms with Crippen LogP contribution in [0.25, 0.3) is 0 Å². The Hall–Kier alpha value is -5.53. The third kappa shape index (κ3) is 7.79. The molecule has 3 heterocycles. The molecule has 0 saturated carbocycles. The number of carboxylic acid groups (broad SMARTS) is 1.